The van der Waals surface area contributed by atoms with Crippen molar-refractivity contribution < 1.29 is 9.85 Å². The van der Waals surface area contributed by atoms with Crippen LogP contribution in [0.15, 0.2) is 75.6 Å². The fraction of sp³-hybridized carbons (Fsp3) is 0.0952. The number of nitro groups is 2. The fourth-order valence-corrected chi connectivity index (χ4v) is 4.47. The molecule has 31 heavy (non-hydrogen) atoms. The molecule has 9 nitrogen and oxygen atoms in total. The van der Waals surface area contributed by atoms with Crippen LogP contribution in [0.4, 0.5) is 28.4 Å². The standard InChI is InChI=1S/C21H17N5O4S/c1-2-24-17-5-3-4-6-20(17)31-21-11-14(7-10-18(21)24)13-22-23-16-9-8-15(25(27)28)12-19(16)26(29)30/h3-13,23H,2H2,1H3/b22-13+. The van der Waals surface area contributed by atoms with E-state index in [4.69, 9.17) is 0 Å². The highest BCUT2D eigenvalue weighted by molar-refractivity contribution is 7.99. The first-order valence-corrected chi connectivity index (χ1v) is 10.2. The van der Waals surface area contributed by atoms with Crippen LogP contribution in [0.25, 0.3) is 0 Å². The Kier molecular flexibility index (Phi) is 5.54. The maximum absolute atomic E-state index is 11.2. The van der Waals surface area contributed by atoms with Gasteiger partial charge in [0, 0.05) is 22.4 Å². The summed E-state index contributed by atoms with van der Waals surface area (Å²) < 4.78 is 0. The van der Waals surface area contributed by atoms with E-state index in [9.17, 15) is 20.2 Å². The second kappa shape index (κ2) is 8.44. The van der Waals surface area contributed by atoms with Crippen molar-refractivity contribution in [2.75, 3.05) is 16.9 Å². The van der Waals surface area contributed by atoms with Gasteiger partial charge in [0.1, 0.15) is 5.69 Å². The number of fused-ring (bicyclic) bond motifs is 2. The van der Waals surface area contributed by atoms with Crippen molar-refractivity contribution in [2.24, 2.45) is 5.10 Å². The molecule has 0 atom stereocenters. The van der Waals surface area contributed by atoms with E-state index in [1.165, 1.54) is 22.7 Å². The molecule has 156 valence electrons. The molecule has 1 heterocycles. The zero-order valence-electron chi connectivity index (χ0n) is 16.4. The summed E-state index contributed by atoms with van der Waals surface area (Å²) >= 11 is 1.68. The smallest absolute Gasteiger partial charge is 0.301 e. The number of para-hydroxylation sites is 1. The summed E-state index contributed by atoms with van der Waals surface area (Å²) in [5, 5.41) is 26.2. The number of anilines is 3. The molecule has 4 rings (SSSR count). The lowest BCUT2D eigenvalue weighted by Crippen LogP contribution is -2.19. The predicted molar refractivity (Wildman–Crippen MR) is 121 cm³/mol. The molecule has 3 aromatic rings. The van der Waals surface area contributed by atoms with E-state index in [-0.39, 0.29) is 11.4 Å². The van der Waals surface area contributed by atoms with Gasteiger partial charge in [0.05, 0.1) is 33.5 Å². The van der Waals surface area contributed by atoms with Crippen molar-refractivity contribution in [3.05, 3.63) is 86.5 Å². The highest BCUT2D eigenvalue weighted by Crippen LogP contribution is 2.47. The second-order valence-corrected chi connectivity index (χ2v) is 7.71. The van der Waals surface area contributed by atoms with Crippen LogP contribution < -0.4 is 10.3 Å². The zero-order chi connectivity index (χ0) is 22.0. The van der Waals surface area contributed by atoms with Gasteiger partial charge >= 0.3 is 5.69 Å². The highest BCUT2D eigenvalue weighted by Gasteiger charge is 2.22. The first kappa shape index (κ1) is 20.4. The molecule has 0 amide bonds. The quantitative estimate of drug-likeness (QED) is 0.306. The minimum atomic E-state index is -0.683. The maximum atomic E-state index is 11.2. The summed E-state index contributed by atoms with van der Waals surface area (Å²) in [6, 6.07) is 17.5. The molecule has 0 aliphatic carbocycles. The van der Waals surface area contributed by atoms with Gasteiger partial charge in [-0.3, -0.25) is 25.7 Å². The summed E-state index contributed by atoms with van der Waals surface area (Å²) in [7, 11) is 0. The predicted octanol–water partition coefficient (Wildman–Crippen LogP) is 5.57. The van der Waals surface area contributed by atoms with E-state index < -0.39 is 15.5 Å². The van der Waals surface area contributed by atoms with E-state index in [0.29, 0.717) is 0 Å². The topological polar surface area (TPSA) is 114 Å². The number of nitro benzene ring substituents is 2. The normalized spacial score (nSPS) is 12.4. The van der Waals surface area contributed by atoms with Crippen molar-refractivity contribution in [1.29, 1.82) is 0 Å². The Bertz CT molecular complexity index is 1210. The molecule has 1 aliphatic heterocycles. The molecule has 0 radical (unpaired) electrons. The van der Waals surface area contributed by atoms with Crippen LogP contribution in [0.2, 0.25) is 0 Å². The maximum Gasteiger partial charge on any atom is 0.301 e. The third-order valence-electron chi connectivity index (χ3n) is 4.75. The van der Waals surface area contributed by atoms with Crippen LogP contribution >= 0.6 is 11.8 Å². The molecule has 0 bridgehead atoms. The summed E-state index contributed by atoms with van der Waals surface area (Å²) in [4.78, 5) is 25.2. The van der Waals surface area contributed by atoms with Crippen molar-refractivity contribution >= 4 is 46.4 Å². The average molecular weight is 435 g/mol. The van der Waals surface area contributed by atoms with E-state index in [0.717, 1.165) is 28.8 Å². The molecule has 0 spiro atoms. The Balaban J connectivity index is 1.57. The number of non-ortho nitro benzene ring substituents is 1. The summed E-state index contributed by atoms with van der Waals surface area (Å²) in [5.74, 6) is 0. The zero-order valence-corrected chi connectivity index (χ0v) is 17.2. The van der Waals surface area contributed by atoms with Gasteiger partial charge < -0.3 is 4.90 Å². The molecule has 0 fully saturated rings. The Morgan fingerprint density at radius 1 is 1.00 bits per heavy atom. The SMILES string of the molecule is CCN1c2ccccc2Sc2cc(/C=N/Nc3ccc([N+](=O)[O-])cc3[N+](=O)[O-])ccc21. The van der Waals surface area contributed by atoms with Crippen molar-refractivity contribution in [3.8, 4) is 0 Å². The van der Waals surface area contributed by atoms with Crippen LogP contribution in [0.1, 0.15) is 12.5 Å². The number of hydrogen-bond acceptors (Lipinski definition) is 8. The molecular weight excluding hydrogens is 418 g/mol. The number of nitrogens with one attached hydrogen (secondary N) is 1. The number of hydrazone groups is 1. The average Bonchev–Trinajstić information content (AvgIpc) is 2.77. The van der Waals surface area contributed by atoms with Crippen LogP contribution in [0.5, 0.6) is 0 Å². The molecule has 0 unspecified atom stereocenters. The lowest BCUT2D eigenvalue weighted by Gasteiger charge is -2.32. The van der Waals surface area contributed by atoms with Crippen molar-refractivity contribution in [3.63, 3.8) is 0 Å². The minimum Gasteiger partial charge on any atom is -0.340 e. The van der Waals surface area contributed by atoms with Gasteiger partial charge in [-0.1, -0.05) is 30.0 Å². The third-order valence-corrected chi connectivity index (χ3v) is 5.87. The number of nitrogens with zero attached hydrogens (tertiary/aromatic N) is 4. The molecule has 1 N–H and O–H groups in total. The van der Waals surface area contributed by atoms with Crippen LogP contribution in [0, 0.1) is 20.2 Å². The van der Waals surface area contributed by atoms with Gasteiger partial charge in [-0.25, -0.2) is 0 Å². The van der Waals surface area contributed by atoms with Gasteiger partial charge in [0.15, 0.2) is 0 Å². The highest BCUT2D eigenvalue weighted by atomic mass is 32.2. The molecule has 0 saturated carbocycles. The monoisotopic (exact) mass is 435 g/mol. The first-order valence-electron chi connectivity index (χ1n) is 9.38. The van der Waals surface area contributed by atoms with E-state index in [2.05, 4.69) is 34.5 Å². The summed E-state index contributed by atoms with van der Waals surface area (Å²) in [6.45, 7) is 2.94. The third kappa shape index (κ3) is 4.05. The van der Waals surface area contributed by atoms with Gasteiger partial charge in [-0.2, -0.15) is 5.10 Å². The lowest BCUT2D eigenvalue weighted by atomic mass is 10.1. The number of hydrogen-bond donors (Lipinski definition) is 1. The molecule has 0 aromatic heterocycles. The molecule has 0 saturated heterocycles. The Labute approximate surface area is 181 Å². The van der Waals surface area contributed by atoms with E-state index in [1.54, 1.807) is 18.0 Å². The van der Waals surface area contributed by atoms with E-state index in [1.807, 2.05) is 30.3 Å². The Hall–Kier alpha value is -3.92. The lowest BCUT2D eigenvalue weighted by molar-refractivity contribution is -0.393. The minimum absolute atomic E-state index is 0.0743. The molecule has 1 aliphatic rings. The molecule has 10 heteroatoms. The van der Waals surface area contributed by atoms with Gasteiger partial charge in [-0.05, 0) is 42.8 Å². The summed E-state index contributed by atoms with van der Waals surface area (Å²) in [5.41, 5.74) is 5.03. The second-order valence-electron chi connectivity index (χ2n) is 6.63. The molecule has 3 aromatic carbocycles. The van der Waals surface area contributed by atoms with E-state index >= 15 is 0 Å². The van der Waals surface area contributed by atoms with Gasteiger partial charge in [-0.15, -0.1) is 0 Å². The Morgan fingerprint density at radius 2 is 1.77 bits per heavy atom. The number of benzene rings is 3. The van der Waals surface area contributed by atoms with Crippen molar-refractivity contribution in [2.45, 2.75) is 16.7 Å². The first-order chi connectivity index (χ1) is 15.0. The fourth-order valence-electron chi connectivity index (χ4n) is 3.33. The van der Waals surface area contributed by atoms with Gasteiger partial charge in [0.25, 0.3) is 5.69 Å². The molecular formula is C21H17N5O4S. The van der Waals surface area contributed by atoms with Crippen LogP contribution in [0.3, 0.4) is 0 Å². The Morgan fingerprint density at radius 3 is 2.52 bits per heavy atom. The van der Waals surface area contributed by atoms with Crippen LogP contribution in [-0.4, -0.2) is 22.6 Å². The van der Waals surface area contributed by atoms with Crippen molar-refractivity contribution in [1.82, 2.24) is 0 Å². The number of rotatable bonds is 6. The van der Waals surface area contributed by atoms with Gasteiger partial charge in [0.2, 0.25) is 0 Å². The van der Waals surface area contributed by atoms with Crippen LogP contribution in [-0.2, 0) is 0 Å². The largest absolute Gasteiger partial charge is 0.340 e. The summed E-state index contributed by atoms with van der Waals surface area (Å²) in [6.07, 6.45) is 1.56.